The van der Waals surface area contributed by atoms with Gasteiger partial charge in [-0.2, -0.15) is 0 Å². The van der Waals surface area contributed by atoms with Crippen LogP contribution in [0.1, 0.15) is 41.5 Å². The molecule has 0 aliphatic carbocycles. The highest BCUT2D eigenvalue weighted by atomic mass is 16.2. The summed E-state index contributed by atoms with van der Waals surface area (Å²) < 4.78 is 0. The van der Waals surface area contributed by atoms with Gasteiger partial charge < -0.3 is 10.6 Å². The lowest BCUT2D eigenvalue weighted by Crippen LogP contribution is -2.64. The van der Waals surface area contributed by atoms with Crippen LogP contribution < -0.4 is 5.73 Å². The second-order valence-electron chi connectivity index (χ2n) is 6.91. The maximum Gasteiger partial charge on any atom is 0.314 e. The molecule has 1 saturated heterocycles. The Morgan fingerprint density at radius 3 is 1.67 bits per heavy atom. The molecule has 4 heteroatoms. The molecule has 1 heterocycles. The van der Waals surface area contributed by atoms with Gasteiger partial charge in [0.15, 0.2) is 0 Å². The van der Waals surface area contributed by atoms with Gasteiger partial charge in [0.05, 0.1) is 0 Å². The number of rotatable bonds is 0. The van der Waals surface area contributed by atoms with Gasteiger partial charge in [0.2, 0.25) is 0 Å². The van der Waals surface area contributed by atoms with E-state index in [0.717, 1.165) is 13.1 Å². The Hall–Kier alpha value is -0.770. The van der Waals surface area contributed by atoms with Crippen LogP contribution in [0.4, 0.5) is 4.79 Å². The number of urea groups is 1. The summed E-state index contributed by atoms with van der Waals surface area (Å²) >= 11 is 0. The third-order valence-electron chi connectivity index (χ3n) is 5.44. The molecule has 0 spiro atoms. The second-order valence-corrected chi connectivity index (χ2v) is 6.91. The molecule has 0 bridgehead atoms. The van der Waals surface area contributed by atoms with Gasteiger partial charge in [0.25, 0.3) is 0 Å². The quantitative estimate of drug-likeness (QED) is 0.721. The topological polar surface area (TPSA) is 49.6 Å². The SMILES string of the molecule is CC1CN(C(N)=O)CC(C)C(C)(C)N(C)C1(C)C. The maximum atomic E-state index is 11.5. The Morgan fingerprint density at radius 2 is 1.39 bits per heavy atom. The number of amides is 2. The van der Waals surface area contributed by atoms with Crippen LogP contribution in [0.5, 0.6) is 0 Å². The third-order valence-corrected chi connectivity index (χ3v) is 5.44. The average molecular weight is 255 g/mol. The van der Waals surface area contributed by atoms with E-state index in [2.05, 4.69) is 53.5 Å². The summed E-state index contributed by atoms with van der Waals surface area (Å²) in [5.41, 5.74) is 5.56. The van der Waals surface area contributed by atoms with Crippen LogP contribution in [0.3, 0.4) is 0 Å². The summed E-state index contributed by atoms with van der Waals surface area (Å²) in [4.78, 5) is 15.8. The first kappa shape index (κ1) is 15.3. The number of hydrogen-bond donors (Lipinski definition) is 1. The maximum absolute atomic E-state index is 11.5. The fraction of sp³-hybridized carbons (Fsp3) is 0.929. The smallest absolute Gasteiger partial charge is 0.314 e. The molecule has 2 unspecified atom stereocenters. The van der Waals surface area contributed by atoms with E-state index in [1.54, 1.807) is 4.90 Å². The van der Waals surface area contributed by atoms with Crippen LogP contribution in [0.15, 0.2) is 0 Å². The zero-order valence-corrected chi connectivity index (χ0v) is 12.9. The minimum absolute atomic E-state index is 0.0336. The van der Waals surface area contributed by atoms with Crippen molar-refractivity contribution < 1.29 is 4.79 Å². The van der Waals surface area contributed by atoms with Crippen LogP contribution in [0.25, 0.3) is 0 Å². The Bertz CT molecular complexity index is 301. The lowest BCUT2D eigenvalue weighted by molar-refractivity contribution is -0.0479. The predicted molar refractivity (Wildman–Crippen MR) is 75.4 cm³/mol. The van der Waals surface area contributed by atoms with E-state index in [9.17, 15) is 4.79 Å². The molecule has 2 N–H and O–H groups in total. The Balaban J connectivity index is 3.13. The lowest BCUT2D eigenvalue weighted by atomic mass is 9.77. The molecule has 1 fully saturated rings. The molecule has 106 valence electrons. The molecular weight excluding hydrogens is 226 g/mol. The second kappa shape index (κ2) is 4.72. The monoisotopic (exact) mass is 255 g/mol. The minimum atomic E-state index is -0.301. The zero-order valence-electron chi connectivity index (χ0n) is 12.9. The first-order chi connectivity index (χ1) is 8.01. The van der Waals surface area contributed by atoms with Crippen molar-refractivity contribution in [1.82, 2.24) is 9.80 Å². The highest BCUT2D eigenvalue weighted by molar-refractivity contribution is 5.72. The van der Waals surface area contributed by atoms with Gasteiger partial charge >= 0.3 is 6.03 Å². The summed E-state index contributed by atoms with van der Waals surface area (Å²) in [6, 6.07) is -0.301. The normalized spacial score (nSPS) is 32.7. The Kier molecular flexibility index (Phi) is 4.01. The van der Waals surface area contributed by atoms with Gasteiger partial charge in [0, 0.05) is 24.2 Å². The van der Waals surface area contributed by atoms with Crippen molar-refractivity contribution in [1.29, 1.82) is 0 Å². The number of hydrogen-bond acceptors (Lipinski definition) is 2. The summed E-state index contributed by atoms with van der Waals surface area (Å²) in [7, 11) is 2.19. The molecule has 0 aromatic rings. The average Bonchev–Trinajstić information content (AvgIpc) is 2.25. The van der Waals surface area contributed by atoms with Crippen LogP contribution >= 0.6 is 0 Å². The highest BCUT2D eigenvalue weighted by Crippen LogP contribution is 2.36. The van der Waals surface area contributed by atoms with Crippen LogP contribution in [-0.2, 0) is 0 Å². The fourth-order valence-electron chi connectivity index (χ4n) is 2.77. The van der Waals surface area contributed by atoms with E-state index in [-0.39, 0.29) is 17.1 Å². The Morgan fingerprint density at radius 1 is 1.06 bits per heavy atom. The number of primary amides is 1. The van der Waals surface area contributed by atoms with Crippen molar-refractivity contribution in [2.75, 3.05) is 20.1 Å². The van der Waals surface area contributed by atoms with Gasteiger partial charge in [-0.15, -0.1) is 0 Å². The summed E-state index contributed by atoms with van der Waals surface area (Å²) in [6.07, 6.45) is 0. The molecule has 1 aliphatic rings. The van der Waals surface area contributed by atoms with Gasteiger partial charge in [-0.25, -0.2) is 4.79 Å². The first-order valence-corrected chi connectivity index (χ1v) is 6.79. The molecule has 0 radical (unpaired) electrons. The minimum Gasteiger partial charge on any atom is -0.351 e. The van der Waals surface area contributed by atoms with Crippen LogP contribution in [0, 0.1) is 11.8 Å². The standard InChI is InChI=1S/C14H29N3O/c1-10-8-17(12(15)18)9-11(2)14(5,6)16(7)13(10,3)4/h10-11H,8-9H2,1-7H3,(H2,15,18). The number of nitrogens with two attached hydrogens (primary N) is 1. The van der Waals surface area contributed by atoms with Crippen molar-refractivity contribution in [3.63, 3.8) is 0 Å². The van der Waals surface area contributed by atoms with Gasteiger partial charge in [-0.3, -0.25) is 4.90 Å². The molecule has 1 rings (SSSR count). The molecule has 0 aromatic heterocycles. The van der Waals surface area contributed by atoms with Crippen molar-refractivity contribution in [2.24, 2.45) is 17.6 Å². The van der Waals surface area contributed by atoms with Gasteiger partial charge in [0.1, 0.15) is 0 Å². The predicted octanol–water partition coefficient (Wildman–Crippen LogP) is 2.14. The molecular formula is C14H29N3O. The Labute approximate surface area is 111 Å². The fourth-order valence-corrected chi connectivity index (χ4v) is 2.77. The number of carbonyl (C=O) groups excluding carboxylic acids is 1. The first-order valence-electron chi connectivity index (χ1n) is 6.79. The van der Waals surface area contributed by atoms with Crippen molar-refractivity contribution in [3.8, 4) is 0 Å². The van der Waals surface area contributed by atoms with Crippen LogP contribution in [0.2, 0.25) is 0 Å². The third kappa shape index (κ3) is 2.48. The molecule has 0 aromatic carbocycles. The van der Waals surface area contributed by atoms with Crippen molar-refractivity contribution in [3.05, 3.63) is 0 Å². The summed E-state index contributed by atoms with van der Waals surface area (Å²) in [6.45, 7) is 14.8. The largest absolute Gasteiger partial charge is 0.351 e. The van der Waals surface area contributed by atoms with E-state index in [1.807, 2.05) is 0 Å². The van der Waals surface area contributed by atoms with Gasteiger partial charge in [-0.1, -0.05) is 13.8 Å². The van der Waals surface area contributed by atoms with E-state index in [0.29, 0.717) is 11.8 Å². The van der Waals surface area contributed by atoms with Crippen LogP contribution in [-0.4, -0.2) is 47.0 Å². The van der Waals surface area contributed by atoms with Crippen molar-refractivity contribution >= 4 is 6.03 Å². The van der Waals surface area contributed by atoms with E-state index in [4.69, 9.17) is 5.73 Å². The zero-order chi connectivity index (χ0) is 14.3. The van der Waals surface area contributed by atoms with Crippen molar-refractivity contribution in [2.45, 2.75) is 52.6 Å². The highest BCUT2D eigenvalue weighted by Gasteiger charge is 2.44. The lowest BCUT2D eigenvalue weighted by Gasteiger charge is -2.55. The molecule has 2 amide bonds. The molecule has 2 atom stereocenters. The summed E-state index contributed by atoms with van der Waals surface area (Å²) in [5.74, 6) is 0.753. The molecule has 0 saturated carbocycles. The molecule has 4 nitrogen and oxygen atoms in total. The van der Waals surface area contributed by atoms with E-state index in [1.165, 1.54) is 0 Å². The van der Waals surface area contributed by atoms with E-state index >= 15 is 0 Å². The number of carbonyl (C=O) groups is 1. The number of nitrogens with zero attached hydrogens (tertiary/aromatic N) is 2. The molecule has 1 aliphatic heterocycles. The van der Waals surface area contributed by atoms with Gasteiger partial charge in [-0.05, 0) is 46.6 Å². The summed E-state index contributed by atoms with van der Waals surface area (Å²) in [5, 5.41) is 0. The molecule has 18 heavy (non-hydrogen) atoms. The van der Waals surface area contributed by atoms with E-state index < -0.39 is 0 Å².